The molecule has 1 aliphatic carbocycles. The van der Waals surface area contributed by atoms with Crippen molar-refractivity contribution in [2.45, 2.75) is 32.2 Å². The van der Waals surface area contributed by atoms with Crippen LogP contribution in [-0.2, 0) is 0 Å². The Balaban J connectivity index is 1.65. The maximum absolute atomic E-state index is 5.68. The third kappa shape index (κ3) is 3.80. The SMILES string of the molecule is Cc1cc(OCCCNC2CC2)ccc1Br. The van der Waals surface area contributed by atoms with E-state index in [1.165, 1.54) is 18.4 Å². The van der Waals surface area contributed by atoms with Gasteiger partial charge in [-0.25, -0.2) is 0 Å². The number of aryl methyl sites for hydroxylation is 1. The van der Waals surface area contributed by atoms with Gasteiger partial charge >= 0.3 is 0 Å². The van der Waals surface area contributed by atoms with E-state index in [9.17, 15) is 0 Å². The van der Waals surface area contributed by atoms with Gasteiger partial charge in [-0.3, -0.25) is 0 Å². The van der Waals surface area contributed by atoms with Gasteiger partial charge in [-0.15, -0.1) is 0 Å². The van der Waals surface area contributed by atoms with Crippen molar-refractivity contribution in [2.24, 2.45) is 0 Å². The van der Waals surface area contributed by atoms with Crippen molar-refractivity contribution >= 4 is 15.9 Å². The summed E-state index contributed by atoms with van der Waals surface area (Å²) in [4.78, 5) is 0. The molecule has 1 aliphatic rings. The standard InChI is InChI=1S/C13H18BrNO/c1-10-9-12(5-6-13(10)14)16-8-2-7-15-11-3-4-11/h5-6,9,11,15H,2-4,7-8H2,1H3. The molecule has 3 heteroatoms. The highest BCUT2D eigenvalue weighted by atomic mass is 79.9. The van der Waals surface area contributed by atoms with Gasteiger partial charge in [0.2, 0.25) is 0 Å². The quantitative estimate of drug-likeness (QED) is 0.809. The molecule has 0 unspecified atom stereocenters. The summed E-state index contributed by atoms with van der Waals surface area (Å²) < 4.78 is 6.82. The molecule has 0 atom stereocenters. The fourth-order valence-electron chi connectivity index (χ4n) is 1.56. The van der Waals surface area contributed by atoms with Crippen molar-refractivity contribution in [3.05, 3.63) is 28.2 Å². The fourth-order valence-corrected chi connectivity index (χ4v) is 1.81. The monoisotopic (exact) mass is 283 g/mol. The van der Waals surface area contributed by atoms with E-state index >= 15 is 0 Å². The van der Waals surface area contributed by atoms with E-state index in [0.717, 1.165) is 35.8 Å². The Morgan fingerprint density at radius 3 is 2.94 bits per heavy atom. The van der Waals surface area contributed by atoms with Gasteiger partial charge < -0.3 is 10.1 Å². The average molecular weight is 284 g/mol. The normalized spacial score (nSPS) is 15.1. The zero-order valence-corrected chi connectivity index (χ0v) is 11.2. The molecule has 0 aliphatic heterocycles. The molecule has 2 rings (SSSR count). The second-order valence-corrected chi connectivity index (χ2v) is 5.20. The van der Waals surface area contributed by atoms with Crippen LogP contribution in [0.1, 0.15) is 24.8 Å². The molecule has 16 heavy (non-hydrogen) atoms. The molecule has 0 heterocycles. The van der Waals surface area contributed by atoms with Gasteiger partial charge in [0, 0.05) is 10.5 Å². The van der Waals surface area contributed by atoms with Crippen molar-refractivity contribution < 1.29 is 4.74 Å². The predicted octanol–water partition coefficient (Wildman–Crippen LogP) is 3.28. The van der Waals surface area contributed by atoms with Crippen LogP contribution >= 0.6 is 15.9 Å². The van der Waals surface area contributed by atoms with Crippen molar-refractivity contribution in [3.63, 3.8) is 0 Å². The summed E-state index contributed by atoms with van der Waals surface area (Å²) in [6.45, 7) is 3.94. The predicted molar refractivity (Wildman–Crippen MR) is 70.0 cm³/mol. The van der Waals surface area contributed by atoms with Crippen molar-refractivity contribution in [1.29, 1.82) is 0 Å². The van der Waals surface area contributed by atoms with Gasteiger partial charge in [-0.2, -0.15) is 0 Å². The zero-order valence-electron chi connectivity index (χ0n) is 9.63. The molecule has 1 aromatic rings. The highest BCUT2D eigenvalue weighted by Gasteiger charge is 2.19. The van der Waals surface area contributed by atoms with E-state index in [4.69, 9.17) is 4.74 Å². The summed E-state index contributed by atoms with van der Waals surface area (Å²) >= 11 is 3.48. The topological polar surface area (TPSA) is 21.3 Å². The first-order chi connectivity index (χ1) is 7.75. The minimum Gasteiger partial charge on any atom is -0.494 e. The minimum atomic E-state index is 0.792. The molecule has 0 amide bonds. The lowest BCUT2D eigenvalue weighted by Crippen LogP contribution is -2.19. The van der Waals surface area contributed by atoms with Gasteiger partial charge in [-0.05, 0) is 56.5 Å². The van der Waals surface area contributed by atoms with Crippen molar-refractivity contribution in [3.8, 4) is 5.75 Å². The van der Waals surface area contributed by atoms with Gasteiger partial charge in [0.1, 0.15) is 5.75 Å². The summed E-state index contributed by atoms with van der Waals surface area (Å²) in [5, 5.41) is 3.48. The molecule has 1 fully saturated rings. The largest absolute Gasteiger partial charge is 0.494 e. The third-order valence-corrected chi connectivity index (χ3v) is 3.62. The van der Waals surface area contributed by atoms with Crippen molar-refractivity contribution in [1.82, 2.24) is 5.32 Å². The van der Waals surface area contributed by atoms with E-state index in [1.54, 1.807) is 0 Å². The molecular formula is C13H18BrNO. The molecule has 0 bridgehead atoms. The Bertz CT molecular complexity index is 350. The summed E-state index contributed by atoms with van der Waals surface area (Å²) in [6, 6.07) is 6.91. The Morgan fingerprint density at radius 2 is 2.25 bits per heavy atom. The van der Waals surface area contributed by atoms with Gasteiger partial charge in [-0.1, -0.05) is 15.9 Å². The van der Waals surface area contributed by atoms with Crippen LogP contribution < -0.4 is 10.1 Å². The van der Waals surface area contributed by atoms with Crippen LogP contribution in [0.2, 0.25) is 0 Å². The first-order valence-corrected chi connectivity index (χ1v) is 6.67. The van der Waals surface area contributed by atoms with E-state index in [1.807, 2.05) is 12.1 Å². The number of halogens is 1. The molecular weight excluding hydrogens is 266 g/mol. The van der Waals surface area contributed by atoms with E-state index < -0.39 is 0 Å². The summed E-state index contributed by atoms with van der Waals surface area (Å²) in [7, 11) is 0. The summed E-state index contributed by atoms with van der Waals surface area (Å²) in [5.74, 6) is 0.965. The molecule has 0 saturated heterocycles. The van der Waals surface area contributed by atoms with Crippen LogP contribution in [0.5, 0.6) is 5.75 Å². The zero-order chi connectivity index (χ0) is 11.4. The highest BCUT2D eigenvalue weighted by molar-refractivity contribution is 9.10. The van der Waals surface area contributed by atoms with Crippen molar-refractivity contribution in [2.75, 3.05) is 13.2 Å². The number of nitrogens with one attached hydrogen (secondary N) is 1. The second-order valence-electron chi connectivity index (χ2n) is 4.34. The Labute approximate surface area is 106 Å². The second kappa shape index (κ2) is 5.69. The highest BCUT2D eigenvalue weighted by Crippen LogP contribution is 2.21. The van der Waals surface area contributed by atoms with Gasteiger partial charge in [0.25, 0.3) is 0 Å². The van der Waals surface area contributed by atoms with Crippen LogP contribution in [0.4, 0.5) is 0 Å². The number of benzene rings is 1. The maximum atomic E-state index is 5.68. The summed E-state index contributed by atoms with van der Waals surface area (Å²) in [6.07, 6.45) is 3.78. The number of hydrogen-bond acceptors (Lipinski definition) is 2. The molecule has 1 saturated carbocycles. The van der Waals surface area contributed by atoms with E-state index in [2.05, 4.69) is 34.2 Å². The Kier molecular flexibility index (Phi) is 4.24. The molecule has 1 aromatic carbocycles. The smallest absolute Gasteiger partial charge is 0.119 e. The number of ether oxygens (including phenoxy) is 1. The Morgan fingerprint density at radius 1 is 1.44 bits per heavy atom. The van der Waals surface area contributed by atoms with E-state index in [-0.39, 0.29) is 0 Å². The summed E-state index contributed by atoms with van der Waals surface area (Å²) in [5.41, 5.74) is 1.22. The van der Waals surface area contributed by atoms with Crippen LogP contribution in [-0.4, -0.2) is 19.2 Å². The van der Waals surface area contributed by atoms with Gasteiger partial charge in [0.15, 0.2) is 0 Å². The Hall–Kier alpha value is -0.540. The van der Waals surface area contributed by atoms with Crippen LogP contribution in [0.25, 0.3) is 0 Å². The average Bonchev–Trinajstić information content (AvgIpc) is 3.07. The van der Waals surface area contributed by atoms with Crippen LogP contribution in [0, 0.1) is 6.92 Å². The molecule has 88 valence electrons. The molecule has 0 spiro atoms. The number of rotatable bonds is 6. The lowest BCUT2D eigenvalue weighted by molar-refractivity contribution is 0.308. The molecule has 0 aromatic heterocycles. The lowest BCUT2D eigenvalue weighted by atomic mass is 10.2. The van der Waals surface area contributed by atoms with Crippen LogP contribution in [0.15, 0.2) is 22.7 Å². The first-order valence-electron chi connectivity index (χ1n) is 5.88. The van der Waals surface area contributed by atoms with Gasteiger partial charge in [0.05, 0.1) is 6.61 Å². The van der Waals surface area contributed by atoms with Crippen LogP contribution in [0.3, 0.4) is 0 Å². The third-order valence-electron chi connectivity index (χ3n) is 2.73. The minimum absolute atomic E-state index is 0.792. The molecule has 1 N–H and O–H groups in total. The van der Waals surface area contributed by atoms with E-state index in [0.29, 0.717) is 0 Å². The fraction of sp³-hybridized carbons (Fsp3) is 0.538. The lowest BCUT2D eigenvalue weighted by Gasteiger charge is -2.08. The maximum Gasteiger partial charge on any atom is 0.119 e. The first kappa shape index (κ1) is 11.9. The molecule has 2 nitrogen and oxygen atoms in total. The number of hydrogen-bond donors (Lipinski definition) is 1. The molecule has 0 radical (unpaired) electrons.